The number of carbonyl (C=O) groups is 3. The summed E-state index contributed by atoms with van der Waals surface area (Å²) >= 11 is 0. The van der Waals surface area contributed by atoms with E-state index in [-0.39, 0.29) is 6.54 Å². The number of fused-ring (bicyclic) bond motifs is 1. The monoisotopic (exact) mass is 372 g/mol. The highest BCUT2D eigenvalue weighted by atomic mass is 16.5. The zero-order valence-corrected chi connectivity index (χ0v) is 14.8. The first-order valence-corrected chi connectivity index (χ1v) is 8.70. The molecule has 0 aromatic heterocycles. The van der Waals surface area contributed by atoms with Crippen molar-refractivity contribution in [2.24, 2.45) is 0 Å². The number of amides is 3. The molecule has 0 radical (unpaired) electrons. The van der Waals surface area contributed by atoms with Crippen LogP contribution in [0.25, 0.3) is 0 Å². The van der Waals surface area contributed by atoms with Gasteiger partial charge in [0.05, 0.1) is 11.1 Å². The number of imide groups is 1. The van der Waals surface area contributed by atoms with Crippen molar-refractivity contribution >= 4 is 23.4 Å². The third kappa shape index (κ3) is 3.48. The van der Waals surface area contributed by atoms with Gasteiger partial charge >= 0.3 is 0 Å². The maximum Gasteiger partial charge on any atom is 0.262 e. The van der Waals surface area contributed by atoms with Crippen LogP contribution < -0.4 is 10.1 Å². The van der Waals surface area contributed by atoms with Crippen LogP contribution in [0.2, 0.25) is 0 Å². The normalized spacial score (nSPS) is 12.6. The van der Waals surface area contributed by atoms with Crippen molar-refractivity contribution in [3.63, 3.8) is 0 Å². The van der Waals surface area contributed by atoms with E-state index in [0.29, 0.717) is 28.3 Å². The van der Waals surface area contributed by atoms with Crippen LogP contribution in [0, 0.1) is 0 Å². The molecule has 1 aliphatic rings. The molecular formula is C22H16N2O4. The van der Waals surface area contributed by atoms with Gasteiger partial charge in [0.1, 0.15) is 18.0 Å². The number of para-hydroxylation sites is 1. The zero-order chi connectivity index (χ0) is 19.5. The van der Waals surface area contributed by atoms with E-state index < -0.39 is 17.7 Å². The molecule has 0 fully saturated rings. The van der Waals surface area contributed by atoms with E-state index in [1.807, 2.05) is 30.3 Å². The number of nitrogens with one attached hydrogen (secondary N) is 1. The zero-order valence-electron chi connectivity index (χ0n) is 14.8. The fourth-order valence-corrected chi connectivity index (χ4v) is 2.99. The van der Waals surface area contributed by atoms with Crippen LogP contribution in [0.5, 0.6) is 11.5 Å². The number of benzene rings is 3. The van der Waals surface area contributed by atoms with Gasteiger partial charge < -0.3 is 10.1 Å². The van der Waals surface area contributed by atoms with Gasteiger partial charge in [0.15, 0.2) is 0 Å². The standard InChI is InChI=1S/C22H16N2O4/c25-20(14-24-21(26)18-11-4-5-12-19(18)22(24)27)23-15-7-6-10-17(13-15)28-16-8-2-1-3-9-16/h1-13H,14H2,(H,23,25). The third-order valence-electron chi connectivity index (χ3n) is 4.28. The van der Waals surface area contributed by atoms with Crippen molar-refractivity contribution < 1.29 is 19.1 Å². The molecule has 4 rings (SSSR count). The van der Waals surface area contributed by atoms with E-state index in [9.17, 15) is 14.4 Å². The minimum Gasteiger partial charge on any atom is -0.457 e. The highest BCUT2D eigenvalue weighted by molar-refractivity contribution is 6.22. The van der Waals surface area contributed by atoms with Gasteiger partial charge in [-0.25, -0.2) is 0 Å². The molecule has 6 nitrogen and oxygen atoms in total. The molecule has 28 heavy (non-hydrogen) atoms. The van der Waals surface area contributed by atoms with Crippen molar-refractivity contribution in [3.8, 4) is 11.5 Å². The van der Waals surface area contributed by atoms with Gasteiger partial charge in [-0.3, -0.25) is 19.3 Å². The number of nitrogens with zero attached hydrogens (tertiary/aromatic N) is 1. The van der Waals surface area contributed by atoms with Crippen molar-refractivity contribution in [2.75, 3.05) is 11.9 Å². The molecule has 1 N–H and O–H groups in total. The number of ether oxygens (including phenoxy) is 1. The van der Waals surface area contributed by atoms with E-state index in [1.165, 1.54) is 0 Å². The Kier molecular flexibility index (Phi) is 4.60. The van der Waals surface area contributed by atoms with Crippen LogP contribution in [-0.2, 0) is 4.79 Å². The summed E-state index contributed by atoms with van der Waals surface area (Å²) in [5.41, 5.74) is 1.15. The molecule has 1 heterocycles. The Hall–Kier alpha value is -3.93. The van der Waals surface area contributed by atoms with E-state index >= 15 is 0 Å². The smallest absolute Gasteiger partial charge is 0.262 e. The first kappa shape index (κ1) is 17.5. The van der Waals surface area contributed by atoms with Gasteiger partial charge in [-0.15, -0.1) is 0 Å². The summed E-state index contributed by atoms with van der Waals surface area (Å²) in [6, 6.07) is 22.7. The Labute approximate surface area is 161 Å². The molecule has 0 unspecified atom stereocenters. The first-order valence-electron chi connectivity index (χ1n) is 8.70. The summed E-state index contributed by atoms with van der Waals surface area (Å²) in [6.45, 7) is -0.351. The number of rotatable bonds is 5. The van der Waals surface area contributed by atoms with Crippen LogP contribution in [0.1, 0.15) is 20.7 Å². The average Bonchev–Trinajstić information content (AvgIpc) is 2.94. The van der Waals surface area contributed by atoms with Gasteiger partial charge in [-0.05, 0) is 36.4 Å². The van der Waals surface area contributed by atoms with Crippen LogP contribution in [-0.4, -0.2) is 29.2 Å². The van der Waals surface area contributed by atoms with Gasteiger partial charge in [-0.1, -0.05) is 36.4 Å². The number of hydrogen-bond acceptors (Lipinski definition) is 4. The maximum absolute atomic E-state index is 12.4. The van der Waals surface area contributed by atoms with E-state index in [4.69, 9.17) is 4.74 Å². The molecular weight excluding hydrogens is 356 g/mol. The molecule has 1 aliphatic heterocycles. The van der Waals surface area contributed by atoms with Crippen molar-refractivity contribution in [1.29, 1.82) is 0 Å². The van der Waals surface area contributed by atoms with Gasteiger partial charge in [-0.2, -0.15) is 0 Å². The molecule has 0 bridgehead atoms. The molecule has 3 amide bonds. The Morgan fingerprint density at radius 2 is 1.39 bits per heavy atom. The van der Waals surface area contributed by atoms with Crippen LogP contribution in [0.4, 0.5) is 5.69 Å². The van der Waals surface area contributed by atoms with Crippen molar-refractivity contribution in [3.05, 3.63) is 90.0 Å². The molecule has 3 aromatic carbocycles. The maximum atomic E-state index is 12.4. The molecule has 0 atom stereocenters. The Morgan fingerprint density at radius 1 is 0.786 bits per heavy atom. The lowest BCUT2D eigenvalue weighted by atomic mass is 10.1. The number of carbonyl (C=O) groups excluding carboxylic acids is 3. The van der Waals surface area contributed by atoms with Crippen LogP contribution in [0.15, 0.2) is 78.9 Å². The van der Waals surface area contributed by atoms with Gasteiger partial charge in [0.2, 0.25) is 5.91 Å². The first-order chi connectivity index (χ1) is 13.6. The summed E-state index contributed by atoms with van der Waals surface area (Å²) in [6.07, 6.45) is 0. The van der Waals surface area contributed by atoms with Crippen molar-refractivity contribution in [1.82, 2.24) is 4.90 Å². The Morgan fingerprint density at radius 3 is 2.07 bits per heavy atom. The second kappa shape index (κ2) is 7.36. The SMILES string of the molecule is O=C(CN1C(=O)c2ccccc2C1=O)Nc1cccc(Oc2ccccc2)c1. The van der Waals surface area contributed by atoms with Gasteiger partial charge in [0, 0.05) is 11.8 Å². The minimum absolute atomic E-state index is 0.318. The second-order valence-electron chi connectivity index (χ2n) is 6.23. The molecule has 0 saturated heterocycles. The highest BCUT2D eigenvalue weighted by Gasteiger charge is 2.36. The lowest BCUT2D eigenvalue weighted by Gasteiger charge is -2.14. The summed E-state index contributed by atoms with van der Waals surface area (Å²) in [4.78, 5) is 38.0. The predicted octanol–water partition coefficient (Wildman–Crippen LogP) is 3.71. The molecule has 0 spiro atoms. The predicted molar refractivity (Wildman–Crippen MR) is 103 cm³/mol. The third-order valence-corrected chi connectivity index (χ3v) is 4.28. The lowest BCUT2D eigenvalue weighted by Crippen LogP contribution is -2.37. The molecule has 6 heteroatoms. The topological polar surface area (TPSA) is 75.7 Å². The average molecular weight is 372 g/mol. The summed E-state index contributed by atoms with van der Waals surface area (Å²) in [5, 5.41) is 2.70. The highest BCUT2D eigenvalue weighted by Crippen LogP contribution is 2.25. The number of hydrogen-bond donors (Lipinski definition) is 1. The Bertz CT molecular complexity index is 1030. The Balaban J connectivity index is 1.43. The van der Waals surface area contributed by atoms with Gasteiger partial charge in [0.25, 0.3) is 11.8 Å². The molecule has 0 aliphatic carbocycles. The second-order valence-corrected chi connectivity index (χ2v) is 6.23. The molecule has 3 aromatic rings. The minimum atomic E-state index is -0.466. The fraction of sp³-hybridized carbons (Fsp3) is 0.0455. The number of anilines is 1. The molecule has 138 valence electrons. The summed E-state index contributed by atoms with van der Waals surface area (Å²) < 4.78 is 5.74. The van der Waals surface area contributed by atoms with E-state index in [2.05, 4.69) is 5.32 Å². The summed E-state index contributed by atoms with van der Waals surface area (Å²) in [7, 11) is 0. The van der Waals surface area contributed by atoms with Crippen LogP contribution in [0.3, 0.4) is 0 Å². The van der Waals surface area contributed by atoms with Crippen LogP contribution >= 0.6 is 0 Å². The van der Waals surface area contributed by atoms with Crippen molar-refractivity contribution in [2.45, 2.75) is 0 Å². The molecule has 0 saturated carbocycles. The lowest BCUT2D eigenvalue weighted by molar-refractivity contribution is -0.116. The summed E-state index contributed by atoms with van der Waals surface area (Å²) in [5.74, 6) is -0.151. The van der Waals surface area contributed by atoms with E-state index in [0.717, 1.165) is 4.90 Å². The quantitative estimate of drug-likeness (QED) is 0.693. The fourth-order valence-electron chi connectivity index (χ4n) is 2.99. The van der Waals surface area contributed by atoms with E-state index in [1.54, 1.807) is 48.5 Å². The largest absolute Gasteiger partial charge is 0.457 e.